The SMILES string of the molecule is Cc1cc(C(=O)N2CCC3(O)CCCCC3C2)ccc1F. The molecule has 0 spiro atoms. The molecule has 2 fully saturated rings. The molecule has 3 rings (SSSR count). The Hall–Kier alpha value is -1.42. The molecule has 2 atom stereocenters. The zero-order valence-corrected chi connectivity index (χ0v) is 12.4. The molecule has 1 heterocycles. The summed E-state index contributed by atoms with van der Waals surface area (Å²) in [7, 11) is 0. The lowest BCUT2D eigenvalue weighted by atomic mass is 9.71. The molecule has 114 valence electrons. The van der Waals surface area contributed by atoms with Crippen LogP contribution in [-0.2, 0) is 0 Å². The third-order valence-corrected chi connectivity index (χ3v) is 5.12. The van der Waals surface area contributed by atoms with Gasteiger partial charge in [-0.3, -0.25) is 4.79 Å². The van der Waals surface area contributed by atoms with E-state index in [4.69, 9.17) is 0 Å². The summed E-state index contributed by atoms with van der Waals surface area (Å²) >= 11 is 0. The predicted octanol–water partition coefficient (Wildman–Crippen LogP) is 2.90. The number of piperidine rings is 1. The van der Waals surface area contributed by atoms with Crippen LogP contribution >= 0.6 is 0 Å². The number of likely N-dealkylation sites (tertiary alicyclic amines) is 1. The number of rotatable bonds is 1. The third kappa shape index (κ3) is 2.69. The van der Waals surface area contributed by atoms with E-state index >= 15 is 0 Å². The summed E-state index contributed by atoms with van der Waals surface area (Å²) in [5.74, 6) is -0.150. The second-order valence-corrected chi connectivity index (χ2v) is 6.51. The van der Waals surface area contributed by atoms with Crippen LogP contribution in [0.15, 0.2) is 18.2 Å². The molecule has 1 aromatic rings. The van der Waals surface area contributed by atoms with Crippen LogP contribution in [0.4, 0.5) is 4.39 Å². The Labute approximate surface area is 124 Å². The van der Waals surface area contributed by atoms with Crippen molar-refractivity contribution in [3.8, 4) is 0 Å². The van der Waals surface area contributed by atoms with Crippen molar-refractivity contribution in [3.63, 3.8) is 0 Å². The zero-order chi connectivity index (χ0) is 15.0. The summed E-state index contributed by atoms with van der Waals surface area (Å²) in [4.78, 5) is 14.4. The van der Waals surface area contributed by atoms with Gasteiger partial charge in [0, 0.05) is 24.6 Å². The maximum atomic E-state index is 13.3. The molecule has 1 aliphatic heterocycles. The number of fused-ring (bicyclic) bond motifs is 1. The van der Waals surface area contributed by atoms with Gasteiger partial charge in [0.1, 0.15) is 5.82 Å². The summed E-state index contributed by atoms with van der Waals surface area (Å²) in [6.07, 6.45) is 4.71. The topological polar surface area (TPSA) is 40.5 Å². The van der Waals surface area contributed by atoms with Crippen LogP contribution in [0.25, 0.3) is 0 Å². The minimum atomic E-state index is -0.576. The van der Waals surface area contributed by atoms with Crippen molar-refractivity contribution in [2.45, 2.75) is 44.6 Å². The first-order valence-electron chi connectivity index (χ1n) is 7.77. The van der Waals surface area contributed by atoms with Crippen molar-refractivity contribution < 1.29 is 14.3 Å². The van der Waals surface area contributed by atoms with E-state index in [1.54, 1.807) is 19.1 Å². The van der Waals surface area contributed by atoms with Crippen LogP contribution in [0.1, 0.15) is 48.0 Å². The Morgan fingerprint density at radius 2 is 2.19 bits per heavy atom. The number of benzene rings is 1. The van der Waals surface area contributed by atoms with E-state index < -0.39 is 5.60 Å². The number of hydrogen-bond acceptors (Lipinski definition) is 2. The highest BCUT2D eigenvalue weighted by Crippen LogP contribution is 2.40. The highest BCUT2D eigenvalue weighted by molar-refractivity contribution is 5.94. The first kappa shape index (κ1) is 14.5. The monoisotopic (exact) mass is 291 g/mol. The number of carbonyl (C=O) groups excluding carboxylic acids is 1. The van der Waals surface area contributed by atoms with Crippen molar-refractivity contribution in [2.75, 3.05) is 13.1 Å². The Morgan fingerprint density at radius 1 is 1.38 bits per heavy atom. The van der Waals surface area contributed by atoms with E-state index in [0.29, 0.717) is 30.6 Å². The van der Waals surface area contributed by atoms with E-state index in [-0.39, 0.29) is 17.6 Å². The van der Waals surface area contributed by atoms with Crippen molar-refractivity contribution in [3.05, 3.63) is 35.1 Å². The van der Waals surface area contributed by atoms with Gasteiger partial charge in [-0.15, -0.1) is 0 Å². The average Bonchev–Trinajstić information content (AvgIpc) is 2.48. The van der Waals surface area contributed by atoms with Crippen molar-refractivity contribution in [2.24, 2.45) is 5.92 Å². The zero-order valence-electron chi connectivity index (χ0n) is 12.4. The van der Waals surface area contributed by atoms with Gasteiger partial charge in [0.05, 0.1) is 5.60 Å². The van der Waals surface area contributed by atoms with Gasteiger partial charge in [0.15, 0.2) is 0 Å². The van der Waals surface area contributed by atoms with Crippen molar-refractivity contribution >= 4 is 5.91 Å². The lowest BCUT2D eigenvalue weighted by Gasteiger charge is -2.47. The quantitative estimate of drug-likeness (QED) is 0.864. The number of aliphatic hydroxyl groups is 1. The Kier molecular flexibility index (Phi) is 3.74. The predicted molar refractivity (Wildman–Crippen MR) is 78.6 cm³/mol. The van der Waals surface area contributed by atoms with Gasteiger partial charge in [-0.2, -0.15) is 0 Å². The van der Waals surface area contributed by atoms with Crippen LogP contribution in [0, 0.1) is 18.7 Å². The van der Waals surface area contributed by atoms with Crippen molar-refractivity contribution in [1.82, 2.24) is 4.90 Å². The standard InChI is InChI=1S/C17H22FNO2/c1-12-10-13(5-6-15(12)18)16(20)19-9-8-17(21)7-3-2-4-14(17)11-19/h5-6,10,14,21H,2-4,7-9,11H2,1H3. The summed E-state index contributed by atoms with van der Waals surface area (Å²) < 4.78 is 13.3. The molecule has 4 heteroatoms. The molecule has 0 aromatic heterocycles. The Morgan fingerprint density at radius 3 is 2.95 bits per heavy atom. The summed E-state index contributed by atoms with van der Waals surface area (Å²) in [5.41, 5.74) is 0.454. The first-order valence-corrected chi connectivity index (χ1v) is 7.77. The van der Waals surface area contributed by atoms with Gasteiger partial charge < -0.3 is 10.0 Å². The molecule has 2 aliphatic rings. The largest absolute Gasteiger partial charge is 0.389 e. The molecule has 1 saturated heterocycles. The molecule has 2 unspecified atom stereocenters. The van der Waals surface area contributed by atoms with Gasteiger partial charge >= 0.3 is 0 Å². The Balaban J connectivity index is 1.75. The van der Waals surface area contributed by atoms with Crippen LogP contribution < -0.4 is 0 Å². The van der Waals surface area contributed by atoms with Crippen molar-refractivity contribution in [1.29, 1.82) is 0 Å². The maximum Gasteiger partial charge on any atom is 0.253 e. The maximum absolute atomic E-state index is 13.3. The fraction of sp³-hybridized carbons (Fsp3) is 0.588. The summed E-state index contributed by atoms with van der Waals surface area (Å²) in [6.45, 7) is 2.87. The normalized spacial score (nSPS) is 29.1. The second-order valence-electron chi connectivity index (χ2n) is 6.51. The van der Waals surface area contributed by atoms with E-state index in [1.807, 2.05) is 4.90 Å². The van der Waals surface area contributed by atoms with Gasteiger partial charge in [-0.1, -0.05) is 12.8 Å². The van der Waals surface area contributed by atoms with Crippen LogP contribution in [0.5, 0.6) is 0 Å². The van der Waals surface area contributed by atoms with Gasteiger partial charge in [0.25, 0.3) is 5.91 Å². The Bertz CT molecular complexity index is 560. The molecule has 1 N–H and O–H groups in total. The van der Waals surface area contributed by atoms with Gasteiger partial charge in [0.2, 0.25) is 0 Å². The molecular weight excluding hydrogens is 269 g/mol. The molecule has 1 saturated carbocycles. The molecule has 1 amide bonds. The number of nitrogens with zero attached hydrogens (tertiary/aromatic N) is 1. The van der Waals surface area contributed by atoms with Crippen LogP contribution in [-0.4, -0.2) is 34.6 Å². The third-order valence-electron chi connectivity index (χ3n) is 5.12. The van der Waals surface area contributed by atoms with E-state index in [2.05, 4.69) is 0 Å². The number of carbonyl (C=O) groups is 1. The smallest absolute Gasteiger partial charge is 0.253 e. The highest BCUT2D eigenvalue weighted by Gasteiger charge is 2.43. The minimum absolute atomic E-state index is 0.0503. The fourth-order valence-corrected chi connectivity index (χ4v) is 3.72. The second kappa shape index (κ2) is 5.41. The molecular formula is C17H22FNO2. The number of hydrogen-bond donors (Lipinski definition) is 1. The van der Waals surface area contributed by atoms with E-state index in [9.17, 15) is 14.3 Å². The molecule has 1 aliphatic carbocycles. The van der Waals surface area contributed by atoms with Gasteiger partial charge in [-0.25, -0.2) is 4.39 Å². The number of aryl methyl sites for hydroxylation is 1. The number of amides is 1. The highest BCUT2D eigenvalue weighted by atomic mass is 19.1. The van der Waals surface area contributed by atoms with Crippen LogP contribution in [0.2, 0.25) is 0 Å². The summed E-state index contributed by atoms with van der Waals surface area (Å²) in [6, 6.07) is 4.51. The number of halogens is 1. The van der Waals surface area contributed by atoms with E-state index in [0.717, 1.165) is 25.7 Å². The molecule has 3 nitrogen and oxygen atoms in total. The molecule has 0 radical (unpaired) electrons. The molecule has 0 bridgehead atoms. The van der Waals surface area contributed by atoms with Crippen LogP contribution in [0.3, 0.4) is 0 Å². The molecule has 1 aromatic carbocycles. The molecule has 21 heavy (non-hydrogen) atoms. The first-order chi connectivity index (χ1) is 9.99. The minimum Gasteiger partial charge on any atom is -0.389 e. The average molecular weight is 291 g/mol. The summed E-state index contributed by atoms with van der Waals surface area (Å²) in [5, 5.41) is 10.7. The lowest BCUT2D eigenvalue weighted by molar-refractivity contribution is -0.0886. The van der Waals surface area contributed by atoms with Gasteiger partial charge in [-0.05, 0) is 49.9 Å². The fourth-order valence-electron chi connectivity index (χ4n) is 3.72. The lowest BCUT2D eigenvalue weighted by Crippen LogP contribution is -2.54. The van der Waals surface area contributed by atoms with E-state index in [1.165, 1.54) is 6.07 Å².